The topological polar surface area (TPSA) is 63.1 Å². The van der Waals surface area contributed by atoms with Crippen LogP contribution >= 0.6 is 0 Å². The van der Waals surface area contributed by atoms with Gasteiger partial charge in [-0.25, -0.2) is 4.68 Å². The van der Waals surface area contributed by atoms with Gasteiger partial charge >= 0.3 is 6.18 Å². The Kier molecular flexibility index (Phi) is 6.19. The predicted octanol–water partition coefficient (Wildman–Crippen LogP) is 4.85. The number of carbonyl (C=O) groups is 1. The number of hydrogen-bond donors (Lipinski definition) is 1. The largest absolute Gasteiger partial charge is 0.416 e. The van der Waals surface area contributed by atoms with Crippen molar-refractivity contribution in [1.82, 2.24) is 19.9 Å². The van der Waals surface area contributed by atoms with Crippen LogP contribution in [0.5, 0.6) is 0 Å². The molecule has 1 N–H and O–H groups in total. The predicted molar refractivity (Wildman–Crippen MR) is 116 cm³/mol. The van der Waals surface area contributed by atoms with E-state index in [1.807, 2.05) is 24.3 Å². The summed E-state index contributed by atoms with van der Waals surface area (Å²) in [6.07, 6.45) is -2.91. The van der Waals surface area contributed by atoms with E-state index in [-0.39, 0.29) is 17.5 Å². The van der Waals surface area contributed by atoms with E-state index in [0.717, 1.165) is 30.7 Å². The van der Waals surface area contributed by atoms with E-state index in [0.29, 0.717) is 31.1 Å². The van der Waals surface area contributed by atoms with Crippen molar-refractivity contribution >= 4 is 22.6 Å². The zero-order valence-electron chi connectivity index (χ0n) is 18.1. The summed E-state index contributed by atoms with van der Waals surface area (Å²) in [6.45, 7) is 5.95. The molecule has 1 aliphatic heterocycles. The highest BCUT2D eigenvalue weighted by Crippen LogP contribution is 2.32. The van der Waals surface area contributed by atoms with Gasteiger partial charge in [-0.2, -0.15) is 13.2 Å². The van der Waals surface area contributed by atoms with Crippen molar-refractivity contribution in [1.29, 1.82) is 0 Å². The molecule has 1 amide bonds. The Morgan fingerprint density at radius 2 is 1.81 bits per heavy atom. The monoisotopic (exact) mass is 445 g/mol. The van der Waals surface area contributed by atoms with Crippen LogP contribution in [0.1, 0.15) is 49.8 Å². The number of carbonyl (C=O) groups excluding carboxylic acids is 1. The molecule has 1 saturated heterocycles. The number of alkyl halides is 3. The third-order valence-electron chi connectivity index (χ3n) is 5.93. The molecule has 0 radical (unpaired) electrons. The molecule has 0 unspecified atom stereocenters. The molecule has 1 aliphatic rings. The molecule has 0 saturated carbocycles. The Labute approximate surface area is 184 Å². The van der Waals surface area contributed by atoms with Gasteiger partial charge in [-0.1, -0.05) is 31.2 Å². The van der Waals surface area contributed by atoms with Crippen LogP contribution in [0.3, 0.4) is 0 Å². The first-order valence-corrected chi connectivity index (χ1v) is 10.7. The van der Waals surface area contributed by atoms with Crippen molar-refractivity contribution in [2.24, 2.45) is 0 Å². The maximum Gasteiger partial charge on any atom is 0.416 e. The fourth-order valence-corrected chi connectivity index (χ4v) is 4.06. The van der Waals surface area contributed by atoms with Gasteiger partial charge in [0.15, 0.2) is 0 Å². The van der Waals surface area contributed by atoms with Crippen LogP contribution < -0.4 is 5.32 Å². The number of likely N-dealkylation sites (tertiary alicyclic amines) is 1. The standard InChI is InChI=1S/C23H26F3N5O/c1-15(2)16-3-6-18(7-4-16)27-22(32)14-30-11-9-19(10-12-30)31-21-8-5-17(23(24,25)26)13-20(21)28-29-31/h3-8,13,15,19H,9-12,14H2,1-2H3,(H,27,32). The van der Waals surface area contributed by atoms with E-state index >= 15 is 0 Å². The minimum Gasteiger partial charge on any atom is -0.325 e. The lowest BCUT2D eigenvalue weighted by Gasteiger charge is -2.31. The molecule has 1 aromatic heterocycles. The molecule has 2 heterocycles. The van der Waals surface area contributed by atoms with Crippen LogP contribution in [0.25, 0.3) is 11.0 Å². The minimum absolute atomic E-state index is 0.0413. The summed E-state index contributed by atoms with van der Waals surface area (Å²) in [4.78, 5) is 14.5. The highest BCUT2D eigenvalue weighted by atomic mass is 19.4. The SMILES string of the molecule is CC(C)c1ccc(NC(=O)CN2CCC(n3nnc4cc(C(F)(F)F)ccc43)CC2)cc1. The van der Waals surface area contributed by atoms with Gasteiger partial charge in [0.1, 0.15) is 5.52 Å². The quantitative estimate of drug-likeness (QED) is 0.610. The van der Waals surface area contributed by atoms with Crippen LogP contribution in [-0.2, 0) is 11.0 Å². The fourth-order valence-electron chi connectivity index (χ4n) is 4.06. The summed E-state index contributed by atoms with van der Waals surface area (Å²) in [6, 6.07) is 11.4. The van der Waals surface area contributed by atoms with Crippen molar-refractivity contribution in [3.05, 3.63) is 53.6 Å². The number of benzene rings is 2. The zero-order chi connectivity index (χ0) is 22.9. The number of fused-ring (bicyclic) bond motifs is 1. The van der Waals surface area contributed by atoms with Crippen LogP contribution in [0.15, 0.2) is 42.5 Å². The van der Waals surface area contributed by atoms with Gasteiger partial charge in [-0.15, -0.1) is 5.10 Å². The molecule has 6 nitrogen and oxygen atoms in total. The first-order valence-electron chi connectivity index (χ1n) is 10.7. The van der Waals surface area contributed by atoms with Crippen LogP contribution in [0.4, 0.5) is 18.9 Å². The van der Waals surface area contributed by atoms with Gasteiger partial charge in [0.25, 0.3) is 0 Å². The van der Waals surface area contributed by atoms with E-state index in [1.54, 1.807) is 4.68 Å². The molecule has 0 aliphatic carbocycles. The van der Waals surface area contributed by atoms with Crippen molar-refractivity contribution < 1.29 is 18.0 Å². The summed E-state index contributed by atoms with van der Waals surface area (Å²) in [5, 5.41) is 11.0. The second-order valence-corrected chi connectivity index (χ2v) is 8.57. The second-order valence-electron chi connectivity index (χ2n) is 8.57. The number of nitrogens with zero attached hydrogens (tertiary/aromatic N) is 4. The lowest BCUT2D eigenvalue weighted by Crippen LogP contribution is -2.39. The zero-order valence-corrected chi connectivity index (χ0v) is 18.1. The van der Waals surface area contributed by atoms with E-state index < -0.39 is 11.7 Å². The average molecular weight is 445 g/mol. The Morgan fingerprint density at radius 3 is 2.44 bits per heavy atom. The first-order chi connectivity index (χ1) is 15.2. The van der Waals surface area contributed by atoms with Gasteiger partial charge in [0.05, 0.1) is 23.7 Å². The maximum absolute atomic E-state index is 12.9. The summed E-state index contributed by atoms with van der Waals surface area (Å²) in [7, 11) is 0. The molecule has 0 bridgehead atoms. The molecule has 4 rings (SSSR count). The third kappa shape index (κ3) is 4.93. The molecule has 170 valence electrons. The molecule has 0 atom stereocenters. The fraction of sp³-hybridized carbons (Fsp3) is 0.435. The molecular weight excluding hydrogens is 419 g/mol. The van der Waals surface area contributed by atoms with E-state index in [1.165, 1.54) is 11.6 Å². The number of amides is 1. The Bertz CT molecular complexity index is 1080. The summed E-state index contributed by atoms with van der Waals surface area (Å²) < 4.78 is 40.5. The first kappa shape index (κ1) is 22.3. The number of aromatic nitrogens is 3. The number of piperidine rings is 1. The highest BCUT2D eigenvalue weighted by Gasteiger charge is 2.31. The third-order valence-corrected chi connectivity index (χ3v) is 5.93. The Balaban J connectivity index is 1.32. The Morgan fingerprint density at radius 1 is 1.12 bits per heavy atom. The Hall–Kier alpha value is -2.94. The number of anilines is 1. The molecule has 0 spiro atoms. The molecule has 2 aromatic carbocycles. The molecule has 1 fully saturated rings. The van der Waals surface area contributed by atoms with Gasteiger partial charge in [-0.3, -0.25) is 9.69 Å². The lowest BCUT2D eigenvalue weighted by molar-refractivity contribution is -0.137. The minimum atomic E-state index is -4.40. The summed E-state index contributed by atoms with van der Waals surface area (Å²) in [5.74, 6) is 0.376. The van der Waals surface area contributed by atoms with Crippen LogP contribution in [0, 0.1) is 0 Å². The van der Waals surface area contributed by atoms with Crippen LogP contribution in [0.2, 0.25) is 0 Å². The van der Waals surface area contributed by atoms with Crippen molar-refractivity contribution in [3.8, 4) is 0 Å². The van der Waals surface area contributed by atoms with E-state index in [4.69, 9.17) is 0 Å². The van der Waals surface area contributed by atoms with Crippen molar-refractivity contribution in [2.45, 2.75) is 44.8 Å². The number of hydrogen-bond acceptors (Lipinski definition) is 4. The molecule has 9 heteroatoms. The molecule has 3 aromatic rings. The van der Waals surface area contributed by atoms with Gasteiger partial charge in [0, 0.05) is 18.8 Å². The van der Waals surface area contributed by atoms with Crippen molar-refractivity contribution in [2.75, 3.05) is 25.0 Å². The number of halogens is 3. The summed E-state index contributed by atoms with van der Waals surface area (Å²) in [5.41, 5.74) is 2.11. The second kappa shape index (κ2) is 8.90. The average Bonchev–Trinajstić information content (AvgIpc) is 3.17. The normalized spacial score (nSPS) is 16.1. The molecular formula is C23H26F3N5O. The lowest BCUT2D eigenvalue weighted by atomic mass is 10.0. The van der Waals surface area contributed by atoms with Gasteiger partial charge in [-0.05, 0) is 54.7 Å². The smallest absolute Gasteiger partial charge is 0.325 e. The molecule has 32 heavy (non-hydrogen) atoms. The number of rotatable bonds is 5. The van der Waals surface area contributed by atoms with Crippen molar-refractivity contribution in [3.63, 3.8) is 0 Å². The van der Waals surface area contributed by atoms with E-state index in [9.17, 15) is 18.0 Å². The van der Waals surface area contributed by atoms with E-state index in [2.05, 4.69) is 34.4 Å². The number of nitrogens with one attached hydrogen (secondary N) is 1. The summed E-state index contributed by atoms with van der Waals surface area (Å²) >= 11 is 0. The maximum atomic E-state index is 12.9. The van der Waals surface area contributed by atoms with Gasteiger partial charge < -0.3 is 5.32 Å². The van der Waals surface area contributed by atoms with Gasteiger partial charge in [0.2, 0.25) is 5.91 Å². The highest BCUT2D eigenvalue weighted by molar-refractivity contribution is 5.92. The van der Waals surface area contributed by atoms with Crippen LogP contribution in [-0.4, -0.2) is 45.4 Å².